The Balaban J connectivity index is 1.96. The smallest absolute Gasteiger partial charge is 0.310 e. The molecule has 1 aromatic carbocycles. The summed E-state index contributed by atoms with van der Waals surface area (Å²) in [6, 6.07) is 8.36. The van der Waals surface area contributed by atoms with Crippen LogP contribution in [-0.2, 0) is 9.59 Å². The van der Waals surface area contributed by atoms with Crippen LogP contribution in [0.15, 0.2) is 30.3 Å². The minimum Gasteiger partial charge on any atom is -0.481 e. The SMILES string of the molecule is N[C@@H](C(=O)N1CC(C(=O)O)C1)c1ccccc1. The number of likely N-dealkylation sites (tertiary alicyclic amines) is 1. The van der Waals surface area contributed by atoms with E-state index in [2.05, 4.69) is 0 Å². The Morgan fingerprint density at radius 1 is 1.29 bits per heavy atom. The Morgan fingerprint density at radius 3 is 2.41 bits per heavy atom. The molecule has 0 saturated carbocycles. The summed E-state index contributed by atoms with van der Waals surface area (Å²) in [5.41, 5.74) is 6.58. The fraction of sp³-hybridized carbons (Fsp3) is 0.333. The lowest BCUT2D eigenvalue weighted by molar-refractivity contribution is -0.153. The molecule has 3 N–H and O–H groups in total. The van der Waals surface area contributed by atoms with Crippen LogP contribution in [-0.4, -0.2) is 35.0 Å². The van der Waals surface area contributed by atoms with E-state index in [1.54, 1.807) is 12.1 Å². The number of nitrogens with two attached hydrogens (primary N) is 1. The molecule has 1 saturated heterocycles. The molecule has 1 aromatic rings. The third-order valence-electron chi connectivity index (χ3n) is 2.97. The summed E-state index contributed by atoms with van der Waals surface area (Å²) in [6.45, 7) is 0.517. The minimum absolute atomic E-state index is 0.214. The molecule has 0 unspecified atom stereocenters. The number of carboxylic acids is 1. The van der Waals surface area contributed by atoms with Crippen molar-refractivity contribution < 1.29 is 14.7 Å². The van der Waals surface area contributed by atoms with Crippen molar-refractivity contribution in [3.8, 4) is 0 Å². The molecule has 1 aliphatic heterocycles. The van der Waals surface area contributed by atoms with Crippen molar-refractivity contribution in [2.75, 3.05) is 13.1 Å². The van der Waals surface area contributed by atoms with E-state index in [-0.39, 0.29) is 19.0 Å². The summed E-state index contributed by atoms with van der Waals surface area (Å²) >= 11 is 0. The van der Waals surface area contributed by atoms with E-state index in [1.165, 1.54) is 4.90 Å². The highest BCUT2D eigenvalue weighted by Gasteiger charge is 2.37. The molecule has 1 heterocycles. The predicted octanol–water partition coefficient (Wildman–Crippen LogP) is 0.229. The standard InChI is InChI=1S/C12H14N2O3/c13-10(8-4-2-1-3-5-8)11(15)14-6-9(7-14)12(16)17/h1-5,9-10H,6-7,13H2,(H,16,17)/t10-/m1/s1. The van der Waals surface area contributed by atoms with Crippen molar-refractivity contribution in [3.05, 3.63) is 35.9 Å². The van der Waals surface area contributed by atoms with Crippen LogP contribution in [0.5, 0.6) is 0 Å². The zero-order chi connectivity index (χ0) is 12.4. The summed E-state index contributed by atoms with van der Waals surface area (Å²) in [5, 5.41) is 8.72. The van der Waals surface area contributed by atoms with Crippen molar-refractivity contribution in [2.24, 2.45) is 11.7 Å². The van der Waals surface area contributed by atoms with Gasteiger partial charge in [-0.15, -0.1) is 0 Å². The van der Waals surface area contributed by atoms with Crippen LogP contribution >= 0.6 is 0 Å². The maximum Gasteiger partial charge on any atom is 0.310 e. The number of benzene rings is 1. The Labute approximate surface area is 98.8 Å². The van der Waals surface area contributed by atoms with Crippen LogP contribution in [0.1, 0.15) is 11.6 Å². The lowest BCUT2D eigenvalue weighted by atomic mass is 9.97. The highest BCUT2D eigenvalue weighted by atomic mass is 16.4. The zero-order valence-electron chi connectivity index (χ0n) is 9.24. The highest BCUT2D eigenvalue weighted by Crippen LogP contribution is 2.21. The van der Waals surface area contributed by atoms with Gasteiger partial charge < -0.3 is 15.7 Å². The average molecular weight is 234 g/mol. The number of carbonyl (C=O) groups excluding carboxylic acids is 1. The van der Waals surface area contributed by atoms with Gasteiger partial charge in [0.05, 0.1) is 5.92 Å². The molecule has 5 heteroatoms. The molecule has 0 aromatic heterocycles. The molecular formula is C12H14N2O3. The third kappa shape index (κ3) is 2.29. The summed E-state index contributed by atoms with van der Waals surface area (Å²) in [7, 11) is 0. The average Bonchev–Trinajstić information content (AvgIpc) is 2.26. The fourth-order valence-electron chi connectivity index (χ4n) is 1.81. The van der Waals surface area contributed by atoms with Gasteiger partial charge in [0.25, 0.3) is 0 Å². The molecule has 90 valence electrons. The molecule has 0 spiro atoms. The molecule has 1 fully saturated rings. The van der Waals surface area contributed by atoms with E-state index >= 15 is 0 Å². The molecule has 5 nitrogen and oxygen atoms in total. The van der Waals surface area contributed by atoms with E-state index in [1.807, 2.05) is 18.2 Å². The quantitative estimate of drug-likeness (QED) is 0.784. The van der Waals surface area contributed by atoms with Gasteiger partial charge in [0.2, 0.25) is 5.91 Å². The van der Waals surface area contributed by atoms with E-state index in [4.69, 9.17) is 10.8 Å². The van der Waals surface area contributed by atoms with Crippen LogP contribution in [0, 0.1) is 5.92 Å². The van der Waals surface area contributed by atoms with E-state index < -0.39 is 17.9 Å². The number of nitrogens with zero attached hydrogens (tertiary/aromatic N) is 1. The maximum atomic E-state index is 11.9. The molecule has 0 aliphatic carbocycles. The minimum atomic E-state index is -0.859. The third-order valence-corrected chi connectivity index (χ3v) is 2.97. The zero-order valence-corrected chi connectivity index (χ0v) is 9.24. The summed E-state index contributed by atoms with van der Waals surface area (Å²) in [6.07, 6.45) is 0. The van der Waals surface area contributed by atoms with Crippen molar-refractivity contribution in [1.82, 2.24) is 4.90 Å². The summed E-state index contributed by atoms with van der Waals surface area (Å²) in [4.78, 5) is 24.0. The van der Waals surface area contributed by atoms with Gasteiger partial charge in [-0.05, 0) is 5.56 Å². The first kappa shape index (κ1) is 11.6. The Bertz CT molecular complexity index is 427. The number of amides is 1. The van der Waals surface area contributed by atoms with Crippen LogP contribution in [0.4, 0.5) is 0 Å². The number of aliphatic carboxylic acids is 1. The Hall–Kier alpha value is -1.88. The lowest BCUT2D eigenvalue weighted by Crippen LogP contribution is -2.55. The second-order valence-electron chi connectivity index (χ2n) is 4.17. The van der Waals surface area contributed by atoms with Crippen molar-refractivity contribution >= 4 is 11.9 Å². The van der Waals surface area contributed by atoms with Gasteiger partial charge in [-0.3, -0.25) is 9.59 Å². The summed E-state index contributed by atoms with van der Waals surface area (Å²) < 4.78 is 0. The molecule has 1 amide bonds. The van der Waals surface area contributed by atoms with Crippen LogP contribution in [0.3, 0.4) is 0 Å². The van der Waals surface area contributed by atoms with E-state index in [0.29, 0.717) is 0 Å². The molecule has 2 rings (SSSR count). The number of hydrogen-bond acceptors (Lipinski definition) is 3. The van der Waals surface area contributed by atoms with Gasteiger partial charge >= 0.3 is 5.97 Å². The normalized spacial score (nSPS) is 17.4. The van der Waals surface area contributed by atoms with Gasteiger partial charge in [0, 0.05) is 13.1 Å². The maximum absolute atomic E-state index is 11.9. The van der Waals surface area contributed by atoms with Crippen LogP contribution in [0.25, 0.3) is 0 Å². The number of carboxylic acid groups (broad SMARTS) is 1. The molecular weight excluding hydrogens is 220 g/mol. The molecule has 1 atom stereocenters. The molecule has 17 heavy (non-hydrogen) atoms. The monoisotopic (exact) mass is 234 g/mol. The van der Waals surface area contributed by atoms with Crippen molar-refractivity contribution in [2.45, 2.75) is 6.04 Å². The fourth-order valence-corrected chi connectivity index (χ4v) is 1.81. The summed E-state index contributed by atoms with van der Waals surface area (Å²) in [5.74, 6) is -1.52. The van der Waals surface area contributed by atoms with Gasteiger partial charge in [-0.1, -0.05) is 30.3 Å². The number of rotatable bonds is 3. The van der Waals surface area contributed by atoms with Gasteiger partial charge in [-0.2, -0.15) is 0 Å². The lowest BCUT2D eigenvalue weighted by Gasteiger charge is -2.38. The topological polar surface area (TPSA) is 83.6 Å². The predicted molar refractivity (Wildman–Crippen MR) is 61.1 cm³/mol. The van der Waals surface area contributed by atoms with Gasteiger partial charge in [0.1, 0.15) is 6.04 Å². The van der Waals surface area contributed by atoms with Crippen molar-refractivity contribution in [1.29, 1.82) is 0 Å². The van der Waals surface area contributed by atoms with Crippen LogP contribution < -0.4 is 5.73 Å². The van der Waals surface area contributed by atoms with Crippen molar-refractivity contribution in [3.63, 3.8) is 0 Å². The number of carbonyl (C=O) groups is 2. The van der Waals surface area contributed by atoms with E-state index in [0.717, 1.165) is 5.56 Å². The number of hydrogen-bond donors (Lipinski definition) is 2. The van der Waals surface area contributed by atoms with Gasteiger partial charge in [-0.25, -0.2) is 0 Å². The Kier molecular flexibility index (Phi) is 3.10. The second-order valence-corrected chi connectivity index (χ2v) is 4.17. The first-order chi connectivity index (χ1) is 8.09. The molecule has 0 radical (unpaired) electrons. The largest absolute Gasteiger partial charge is 0.481 e. The first-order valence-corrected chi connectivity index (χ1v) is 5.41. The second kappa shape index (κ2) is 4.55. The van der Waals surface area contributed by atoms with Crippen LogP contribution in [0.2, 0.25) is 0 Å². The molecule has 0 bridgehead atoms. The highest BCUT2D eigenvalue weighted by molar-refractivity contribution is 5.85. The Morgan fingerprint density at radius 2 is 1.88 bits per heavy atom. The first-order valence-electron chi connectivity index (χ1n) is 5.41. The van der Waals surface area contributed by atoms with Gasteiger partial charge in [0.15, 0.2) is 0 Å². The van der Waals surface area contributed by atoms with E-state index in [9.17, 15) is 9.59 Å². The molecule has 1 aliphatic rings.